The van der Waals surface area contributed by atoms with Crippen LogP contribution in [0.15, 0.2) is 78.2 Å². The van der Waals surface area contributed by atoms with E-state index < -0.39 is 12.6 Å². The minimum atomic E-state index is -2.92. The van der Waals surface area contributed by atoms with E-state index in [2.05, 4.69) is 34.6 Å². The van der Waals surface area contributed by atoms with Gasteiger partial charge in [-0.3, -0.25) is 14.2 Å². The van der Waals surface area contributed by atoms with Crippen molar-refractivity contribution in [3.63, 3.8) is 0 Å². The number of anilines is 2. The number of hydrogen-bond donors (Lipinski definition) is 3. The van der Waals surface area contributed by atoms with Crippen LogP contribution in [-0.2, 0) is 4.79 Å². The number of amides is 1. The lowest BCUT2D eigenvalue weighted by Gasteiger charge is -2.22. The van der Waals surface area contributed by atoms with Crippen LogP contribution in [0.4, 0.5) is 20.2 Å². The number of nitrogens with one attached hydrogen (secondary N) is 2. The molecular formula is C30H32ClF2N7O2. The molecule has 1 amide bonds. The SMILES string of the molecule is CC(C)CCC[C@@H](c1cccc(-c2c(NC=O)cnn2C(F)F)c1)n1cnc(-c2cc(Cl)ccc2N/C=C\N)cc1=O. The lowest BCUT2D eigenvalue weighted by atomic mass is 9.95. The summed E-state index contributed by atoms with van der Waals surface area (Å²) in [7, 11) is 0. The number of nitrogens with zero attached hydrogens (tertiary/aromatic N) is 4. The second-order valence-corrected chi connectivity index (χ2v) is 10.5. The van der Waals surface area contributed by atoms with E-state index in [1.54, 1.807) is 47.2 Å². The van der Waals surface area contributed by atoms with Crippen molar-refractivity contribution in [1.29, 1.82) is 0 Å². The van der Waals surface area contributed by atoms with Crippen molar-refractivity contribution >= 4 is 29.4 Å². The Bertz CT molecular complexity index is 1620. The molecule has 220 valence electrons. The average molecular weight is 596 g/mol. The molecule has 0 fully saturated rings. The Morgan fingerprint density at radius 3 is 2.57 bits per heavy atom. The summed E-state index contributed by atoms with van der Waals surface area (Å²) >= 11 is 6.25. The highest BCUT2D eigenvalue weighted by atomic mass is 35.5. The van der Waals surface area contributed by atoms with Gasteiger partial charge in [0.2, 0.25) is 6.41 Å². The number of carbonyl (C=O) groups is 1. The van der Waals surface area contributed by atoms with Gasteiger partial charge in [0, 0.05) is 40.3 Å². The summed E-state index contributed by atoms with van der Waals surface area (Å²) in [5.74, 6) is 0.461. The predicted octanol–water partition coefficient (Wildman–Crippen LogP) is 6.65. The van der Waals surface area contributed by atoms with E-state index in [1.165, 1.54) is 24.8 Å². The summed E-state index contributed by atoms with van der Waals surface area (Å²) in [6, 6.07) is 13.2. The van der Waals surface area contributed by atoms with Gasteiger partial charge in [-0.05, 0) is 42.2 Å². The van der Waals surface area contributed by atoms with Gasteiger partial charge in [0.15, 0.2) is 0 Å². The van der Waals surface area contributed by atoms with Crippen LogP contribution in [-0.4, -0.2) is 25.7 Å². The van der Waals surface area contributed by atoms with Crippen LogP contribution in [0.25, 0.3) is 22.5 Å². The number of rotatable bonds is 13. The highest BCUT2D eigenvalue weighted by Crippen LogP contribution is 2.35. The lowest BCUT2D eigenvalue weighted by Crippen LogP contribution is -2.25. The van der Waals surface area contributed by atoms with Crippen LogP contribution < -0.4 is 21.9 Å². The number of aromatic nitrogens is 4. The summed E-state index contributed by atoms with van der Waals surface area (Å²) in [6.45, 7) is 1.34. The van der Waals surface area contributed by atoms with Gasteiger partial charge in [0.25, 0.3) is 5.56 Å². The fourth-order valence-electron chi connectivity index (χ4n) is 4.83. The van der Waals surface area contributed by atoms with Gasteiger partial charge < -0.3 is 16.4 Å². The Labute approximate surface area is 247 Å². The second kappa shape index (κ2) is 13.9. The summed E-state index contributed by atoms with van der Waals surface area (Å²) in [4.78, 5) is 29.3. The fourth-order valence-corrected chi connectivity index (χ4v) is 5.00. The topological polar surface area (TPSA) is 120 Å². The zero-order valence-electron chi connectivity index (χ0n) is 23.2. The number of nitrogens with two attached hydrogens (primary N) is 1. The standard InChI is InChI=1S/C30H32ClF2N7O2/c1-19(2)5-3-8-27(20-6-4-7-21(13-20)29-26(37-18-41)16-38-40(29)30(32)33)39-17-36-25(15-28(39)42)23-14-22(31)9-10-24(23)35-12-11-34/h4,6-7,9-19,27,30,35H,3,5,8,34H2,1-2H3,(H,37,41)/b12-11-/t27-/m0/s1. The average Bonchev–Trinajstić information content (AvgIpc) is 3.39. The molecule has 4 rings (SSSR count). The van der Waals surface area contributed by atoms with Crippen LogP contribution in [0.1, 0.15) is 51.3 Å². The van der Waals surface area contributed by atoms with Crippen molar-refractivity contribution in [3.05, 3.63) is 94.4 Å². The van der Waals surface area contributed by atoms with Gasteiger partial charge in [0.05, 0.1) is 35.6 Å². The molecule has 1 atom stereocenters. The van der Waals surface area contributed by atoms with Gasteiger partial charge in [-0.15, -0.1) is 0 Å². The highest BCUT2D eigenvalue weighted by Gasteiger charge is 2.22. The van der Waals surface area contributed by atoms with Gasteiger partial charge in [-0.2, -0.15) is 13.9 Å². The Morgan fingerprint density at radius 1 is 1.07 bits per heavy atom. The van der Waals surface area contributed by atoms with Crippen LogP contribution in [0.5, 0.6) is 0 Å². The summed E-state index contributed by atoms with van der Waals surface area (Å²) < 4.78 is 29.7. The third kappa shape index (κ3) is 7.03. The third-order valence-electron chi connectivity index (χ3n) is 6.76. The van der Waals surface area contributed by atoms with Gasteiger partial charge >= 0.3 is 6.55 Å². The summed E-state index contributed by atoms with van der Waals surface area (Å²) in [5, 5.41) is 9.73. The van der Waals surface area contributed by atoms with E-state index in [4.69, 9.17) is 17.3 Å². The molecule has 0 bridgehead atoms. The maximum Gasteiger partial charge on any atom is 0.333 e. The van der Waals surface area contributed by atoms with Gasteiger partial charge in [0.1, 0.15) is 0 Å². The first-order chi connectivity index (χ1) is 20.2. The van der Waals surface area contributed by atoms with Crippen LogP contribution >= 0.6 is 11.6 Å². The molecule has 0 saturated heterocycles. The first kappa shape index (κ1) is 30.4. The lowest BCUT2D eigenvalue weighted by molar-refractivity contribution is -0.105. The maximum atomic E-state index is 13.8. The summed E-state index contributed by atoms with van der Waals surface area (Å²) in [5.41, 5.74) is 8.26. The molecule has 0 saturated carbocycles. The van der Waals surface area contributed by atoms with Crippen molar-refractivity contribution < 1.29 is 13.6 Å². The molecule has 42 heavy (non-hydrogen) atoms. The first-order valence-corrected chi connectivity index (χ1v) is 13.8. The zero-order valence-corrected chi connectivity index (χ0v) is 23.9. The minimum Gasteiger partial charge on any atom is -0.403 e. The fraction of sp³-hybridized carbons (Fsp3) is 0.267. The molecule has 4 N–H and O–H groups in total. The normalized spacial score (nSPS) is 12.3. The van der Waals surface area contributed by atoms with E-state index in [0.29, 0.717) is 51.0 Å². The molecular weight excluding hydrogens is 564 g/mol. The Balaban J connectivity index is 1.79. The molecule has 2 heterocycles. The molecule has 0 radical (unpaired) electrons. The largest absolute Gasteiger partial charge is 0.403 e. The molecule has 12 heteroatoms. The van der Waals surface area contributed by atoms with Crippen molar-refractivity contribution in [2.45, 2.75) is 45.7 Å². The molecule has 0 aliphatic rings. The second-order valence-electron chi connectivity index (χ2n) is 10.1. The van der Waals surface area contributed by atoms with E-state index in [1.807, 2.05) is 6.07 Å². The van der Waals surface area contributed by atoms with E-state index in [0.717, 1.165) is 18.4 Å². The predicted molar refractivity (Wildman–Crippen MR) is 161 cm³/mol. The Hall–Kier alpha value is -4.51. The maximum absolute atomic E-state index is 13.8. The zero-order chi connectivity index (χ0) is 30.2. The molecule has 2 aromatic heterocycles. The van der Waals surface area contributed by atoms with Crippen molar-refractivity contribution in [3.8, 4) is 22.5 Å². The van der Waals surface area contributed by atoms with Crippen LogP contribution in [0.3, 0.4) is 0 Å². The molecule has 0 aliphatic carbocycles. The van der Waals surface area contributed by atoms with Crippen LogP contribution in [0.2, 0.25) is 5.02 Å². The minimum absolute atomic E-state index is 0.0632. The molecule has 4 aromatic rings. The van der Waals surface area contributed by atoms with Crippen molar-refractivity contribution in [2.24, 2.45) is 11.7 Å². The van der Waals surface area contributed by atoms with E-state index in [9.17, 15) is 18.4 Å². The van der Waals surface area contributed by atoms with E-state index >= 15 is 0 Å². The number of benzene rings is 2. The van der Waals surface area contributed by atoms with E-state index in [-0.39, 0.29) is 16.9 Å². The molecule has 0 aliphatic heterocycles. The van der Waals surface area contributed by atoms with Crippen molar-refractivity contribution in [1.82, 2.24) is 19.3 Å². The first-order valence-electron chi connectivity index (χ1n) is 13.4. The van der Waals surface area contributed by atoms with Gasteiger partial charge in [-0.25, -0.2) is 9.67 Å². The van der Waals surface area contributed by atoms with Gasteiger partial charge in [-0.1, -0.05) is 56.5 Å². The summed E-state index contributed by atoms with van der Waals surface area (Å²) in [6.07, 6.45) is 8.37. The van der Waals surface area contributed by atoms with Crippen molar-refractivity contribution in [2.75, 3.05) is 10.6 Å². The third-order valence-corrected chi connectivity index (χ3v) is 7.00. The quantitative estimate of drug-likeness (QED) is 0.149. The number of halogens is 3. The Kier molecular flexibility index (Phi) is 10.1. The molecule has 9 nitrogen and oxygen atoms in total. The monoisotopic (exact) mass is 595 g/mol. The molecule has 0 unspecified atom stereocenters. The van der Waals surface area contributed by atoms with Crippen LogP contribution in [0, 0.1) is 5.92 Å². The number of hydrogen-bond acceptors (Lipinski definition) is 6. The number of alkyl halides is 2. The highest BCUT2D eigenvalue weighted by molar-refractivity contribution is 6.31. The molecule has 0 spiro atoms. The smallest absolute Gasteiger partial charge is 0.333 e. The molecule has 2 aromatic carbocycles. The Morgan fingerprint density at radius 2 is 1.88 bits per heavy atom. The number of carbonyl (C=O) groups excluding carboxylic acids is 1.